The standard InChI is InChI=1S/C40H63N7O13S/c1-25(2)33(35(52)44-29(10-9-16-42-38(41)55)34(51)43-27-13-11-26(12-14-27)24-60-37(54)40(6,7)8)45-30(48)15-17-46(18-19-59-20-21-61(56,57)58)32(50)23-47-31(49)22-28(36(47)53)39(3,4)5/h11-14,25,28-29,33H,9-10,15-24H2,1-8H3,(H,43,51)(H,44,52)(H,45,48)(H3,41,42,55)(H,56,57,58)/t28?,29-,33-/m0/s1. The van der Waals surface area contributed by atoms with Gasteiger partial charge in [-0.15, -0.1) is 0 Å². The lowest BCUT2D eigenvalue weighted by Gasteiger charge is -2.28. The van der Waals surface area contributed by atoms with Crippen molar-refractivity contribution in [1.29, 1.82) is 0 Å². The Morgan fingerprint density at radius 3 is 2.13 bits per heavy atom. The van der Waals surface area contributed by atoms with Crippen LogP contribution in [0.25, 0.3) is 0 Å². The monoisotopic (exact) mass is 881 g/mol. The Morgan fingerprint density at radius 1 is 0.951 bits per heavy atom. The summed E-state index contributed by atoms with van der Waals surface area (Å²) in [7, 11) is -4.31. The number of hydrogen-bond donors (Lipinski definition) is 6. The molecule has 1 heterocycles. The zero-order valence-corrected chi connectivity index (χ0v) is 37.1. The normalized spacial score (nSPS) is 15.5. The number of hydrogen-bond acceptors (Lipinski definition) is 12. The van der Waals surface area contributed by atoms with Gasteiger partial charge in [0.05, 0.1) is 30.3 Å². The van der Waals surface area contributed by atoms with Gasteiger partial charge in [0.15, 0.2) is 0 Å². The fourth-order valence-electron chi connectivity index (χ4n) is 5.91. The van der Waals surface area contributed by atoms with Gasteiger partial charge in [0.25, 0.3) is 10.1 Å². The summed E-state index contributed by atoms with van der Waals surface area (Å²) < 4.78 is 41.8. The van der Waals surface area contributed by atoms with E-state index in [1.165, 1.54) is 4.90 Å². The first-order valence-corrected chi connectivity index (χ1v) is 21.7. The van der Waals surface area contributed by atoms with Crippen LogP contribution in [0.3, 0.4) is 0 Å². The van der Waals surface area contributed by atoms with E-state index in [0.29, 0.717) is 11.3 Å². The van der Waals surface area contributed by atoms with Crippen molar-refractivity contribution in [1.82, 2.24) is 25.8 Å². The lowest BCUT2D eigenvalue weighted by atomic mass is 9.80. The van der Waals surface area contributed by atoms with Crippen LogP contribution >= 0.6 is 0 Å². The molecule has 1 fully saturated rings. The third-order valence-electron chi connectivity index (χ3n) is 9.61. The number of anilines is 1. The topological polar surface area (TPSA) is 290 Å². The first-order chi connectivity index (χ1) is 28.2. The van der Waals surface area contributed by atoms with E-state index in [1.807, 2.05) is 20.8 Å². The van der Waals surface area contributed by atoms with E-state index >= 15 is 0 Å². The van der Waals surface area contributed by atoms with Gasteiger partial charge in [-0.05, 0) is 62.6 Å². The highest BCUT2D eigenvalue weighted by atomic mass is 32.2. The average Bonchev–Trinajstić information content (AvgIpc) is 3.43. The van der Waals surface area contributed by atoms with Crippen LogP contribution in [-0.4, -0.2) is 127 Å². The molecule has 1 aliphatic heterocycles. The molecule has 8 amide bonds. The Bertz CT molecular complexity index is 1840. The molecule has 0 aromatic heterocycles. The smallest absolute Gasteiger partial charge is 0.312 e. The van der Waals surface area contributed by atoms with E-state index in [2.05, 4.69) is 21.3 Å². The van der Waals surface area contributed by atoms with Crippen LogP contribution in [0.2, 0.25) is 0 Å². The first-order valence-electron chi connectivity index (χ1n) is 20.0. The van der Waals surface area contributed by atoms with Crippen molar-refractivity contribution in [2.45, 2.75) is 99.8 Å². The number of benzene rings is 1. The Hall–Kier alpha value is -5.15. The molecule has 0 spiro atoms. The predicted octanol–water partition coefficient (Wildman–Crippen LogP) is 1.33. The molecular weight excluding hydrogens is 819 g/mol. The van der Waals surface area contributed by atoms with Crippen LogP contribution in [0, 0.1) is 22.7 Å². The minimum Gasteiger partial charge on any atom is -0.460 e. The van der Waals surface area contributed by atoms with E-state index in [-0.39, 0.29) is 71.1 Å². The molecule has 0 aliphatic carbocycles. The maximum atomic E-state index is 13.7. The molecule has 1 aromatic rings. The summed E-state index contributed by atoms with van der Waals surface area (Å²) in [4.78, 5) is 105. The number of rotatable bonds is 23. The number of likely N-dealkylation sites (tertiary alicyclic amines) is 1. The molecular formula is C40H63N7O13S. The molecule has 20 nitrogen and oxygen atoms in total. The lowest BCUT2D eigenvalue weighted by Crippen LogP contribution is -2.55. The number of imide groups is 1. The van der Waals surface area contributed by atoms with Gasteiger partial charge < -0.3 is 41.4 Å². The van der Waals surface area contributed by atoms with Crippen molar-refractivity contribution < 1.29 is 60.8 Å². The predicted molar refractivity (Wildman–Crippen MR) is 223 cm³/mol. The first kappa shape index (κ1) is 52.0. The molecule has 0 bridgehead atoms. The number of ether oxygens (including phenoxy) is 2. The van der Waals surface area contributed by atoms with E-state index in [0.717, 1.165) is 4.90 Å². The zero-order valence-electron chi connectivity index (χ0n) is 36.3. The molecule has 1 saturated heterocycles. The van der Waals surface area contributed by atoms with Crippen LogP contribution in [0.15, 0.2) is 24.3 Å². The van der Waals surface area contributed by atoms with Gasteiger partial charge in [-0.25, -0.2) is 4.79 Å². The molecule has 342 valence electrons. The number of carbonyl (C=O) groups is 8. The second kappa shape index (κ2) is 23.2. The fraction of sp³-hybridized carbons (Fsp3) is 0.650. The number of amides is 8. The van der Waals surface area contributed by atoms with Crippen LogP contribution in [0.5, 0.6) is 0 Å². The summed E-state index contributed by atoms with van der Waals surface area (Å²) in [5.41, 5.74) is 5.02. The second-order valence-corrected chi connectivity index (χ2v) is 18.8. The van der Waals surface area contributed by atoms with Crippen molar-refractivity contribution in [3.05, 3.63) is 29.8 Å². The molecule has 1 unspecified atom stereocenters. The van der Waals surface area contributed by atoms with Gasteiger partial charge in [0.1, 0.15) is 25.2 Å². The molecule has 1 aromatic carbocycles. The second-order valence-electron chi connectivity index (χ2n) is 17.3. The molecule has 0 radical (unpaired) electrons. The van der Waals surface area contributed by atoms with Gasteiger partial charge in [0, 0.05) is 38.2 Å². The van der Waals surface area contributed by atoms with Crippen molar-refractivity contribution in [2.24, 2.45) is 28.4 Å². The van der Waals surface area contributed by atoms with Crippen molar-refractivity contribution >= 4 is 63.2 Å². The average molecular weight is 882 g/mol. The Morgan fingerprint density at radius 2 is 1.59 bits per heavy atom. The van der Waals surface area contributed by atoms with Crippen molar-refractivity contribution in [3.63, 3.8) is 0 Å². The Kier molecular flexibility index (Phi) is 19.7. The van der Waals surface area contributed by atoms with Gasteiger partial charge >= 0.3 is 12.0 Å². The zero-order chi connectivity index (χ0) is 46.3. The highest BCUT2D eigenvalue weighted by Gasteiger charge is 2.45. The number of urea groups is 1. The summed E-state index contributed by atoms with van der Waals surface area (Å²) in [5.74, 6) is -5.81. The summed E-state index contributed by atoms with van der Waals surface area (Å²) >= 11 is 0. The van der Waals surface area contributed by atoms with Crippen LogP contribution in [-0.2, 0) is 59.8 Å². The van der Waals surface area contributed by atoms with E-state index in [9.17, 15) is 46.8 Å². The molecule has 61 heavy (non-hydrogen) atoms. The van der Waals surface area contributed by atoms with Crippen molar-refractivity contribution in [2.75, 3.05) is 50.5 Å². The molecule has 1 aliphatic rings. The van der Waals surface area contributed by atoms with E-state index in [4.69, 9.17) is 19.8 Å². The molecule has 3 atom stereocenters. The molecule has 2 rings (SSSR count). The van der Waals surface area contributed by atoms with Crippen LogP contribution < -0.4 is 27.0 Å². The third-order valence-corrected chi connectivity index (χ3v) is 10.3. The largest absolute Gasteiger partial charge is 0.460 e. The number of esters is 1. The number of nitrogens with two attached hydrogens (primary N) is 1. The van der Waals surface area contributed by atoms with Gasteiger partial charge in [-0.3, -0.25) is 43.0 Å². The molecule has 7 N–H and O–H groups in total. The van der Waals surface area contributed by atoms with Crippen molar-refractivity contribution in [3.8, 4) is 0 Å². The van der Waals surface area contributed by atoms with E-state index < -0.39 is 98.6 Å². The molecule has 21 heteroatoms. The lowest BCUT2D eigenvalue weighted by molar-refractivity contribution is -0.154. The molecule has 0 saturated carbocycles. The Balaban J connectivity index is 2.16. The number of nitrogens with one attached hydrogen (secondary N) is 4. The SMILES string of the molecule is CC(C)[C@H](NC(=O)CCN(CCOCCS(=O)(=O)O)C(=O)CN1C(=O)CC(C(C)(C)C)C1=O)C(=O)N[C@@H](CCCNC(N)=O)C(=O)Nc1ccc(COC(=O)C(C)(C)C)cc1. The summed E-state index contributed by atoms with van der Waals surface area (Å²) in [6.07, 6.45) is -0.0899. The van der Waals surface area contributed by atoms with Crippen LogP contribution in [0.1, 0.15) is 86.6 Å². The highest BCUT2D eigenvalue weighted by molar-refractivity contribution is 7.85. The number of carbonyl (C=O) groups excluding carboxylic acids is 8. The van der Waals surface area contributed by atoms with Crippen LogP contribution in [0.4, 0.5) is 10.5 Å². The van der Waals surface area contributed by atoms with E-state index in [1.54, 1.807) is 58.9 Å². The summed E-state index contributed by atoms with van der Waals surface area (Å²) in [5, 5.41) is 10.5. The Labute approximate surface area is 357 Å². The quantitative estimate of drug-likeness (QED) is 0.0392. The van der Waals surface area contributed by atoms with Gasteiger partial charge in [-0.1, -0.05) is 46.8 Å². The highest BCUT2D eigenvalue weighted by Crippen LogP contribution is 2.35. The van der Waals surface area contributed by atoms with Gasteiger partial charge in [-0.2, -0.15) is 8.42 Å². The maximum absolute atomic E-state index is 13.7. The minimum atomic E-state index is -4.31. The number of nitrogens with zero attached hydrogens (tertiary/aromatic N) is 2. The third kappa shape index (κ3) is 18.6. The summed E-state index contributed by atoms with van der Waals surface area (Å²) in [6.45, 7) is 12.5. The number of primary amides is 1. The minimum absolute atomic E-state index is 0.0271. The summed E-state index contributed by atoms with van der Waals surface area (Å²) in [6, 6.07) is 3.49. The van der Waals surface area contributed by atoms with Gasteiger partial charge in [0.2, 0.25) is 35.4 Å². The fourth-order valence-corrected chi connectivity index (χ4v) is 6.24. The maximum Gasteiger partial charge on any atom is 0.312 e.